The predicted molar refractivity (Wildman–Crippen MR) is 48.4 cm³/mol. The first-order valence-electron chi connectivity index (χ1n) is 4.59. The molecule has 1 aliphatic carbocycles. The zero-order chi connectivity index (χ0) is 10.3. The van der Waals surface area contributed by atoms with Crippen LogP contribution in [0.2, 0.25) is 0 Å². The second kappa shape index (κ2) is 3.09. The molecule has 76 valence electrons. The van der Waals surface area contributed by atoms with E-state index in [-0.39, 0.29) is 18.0 Å². The van der Waals surface area contributed by atoms with E-state index in [2.05, 4.69) is 5.32 Å². The number of rotatable bonds is 1. The number of amides is 3. The molecule has 0 saturated carbocycles. The lowest BCUT2D eigenvalue weighted by Crippen LogP contribution is -2.39. The molecular weight excluding hydrogens is 184 g/mol. The summed E-state index contributed by atoms with van der Waals surface area (Å²) in [6.07, 6.45) is 3.16. The van der Waals surface area contributed by atoms with E-state index in [0.717, 1.165) is 0 Å². The quantitative estimate of drug-likeness (QED) is 0.443. The number of aliphatic hydroxyl groups excluding tert-OH is 1. The fourth-order valence-electron chi connectivity index (χ4n) is 1.79. The van der Waals surface area contributed by atoms with Crippen molar-refractivity contribution >= 4 is 11.9 Å². The van der Waals surface area contributed by atoms with Gasteiger partial charge in [0.1, 0.15) is 6.04 Å². The summed E-state index contributed by atoms with van der Waals surface area (Å²) in [5, 5.41) is 11.8. The van der Waals surface area contributed by atoms with E-state index in [4.69, 9.17) is 0 Å². The number of nitrogens with one attached hydrogen (secondary N) is 1. The van der Waals surface area contributed by atoms with Gasteiger partial charge in [0.05, 0.1) is 12.1 Å². The van der Waals surface area contributed by atoms with Crippen molar-refractivity contribution in [3.8, 4) is 0 Å². The van der Waals surface area contributed by atoms with Crippen molar-refractivity contribution in [2.45, 2.75) is 31.5 Å². The Labute approximate surface area is 81.4 Å². The Morgan fingerprint density at radius 1 is 1.50 bits per heavy atom. The molecule has 5 nitrogen and oxygen atoms in total. The number of urea groups is 1. The second-order valence-corrected chi connectivity index (χ2v) is 3.63. The van der Waals surface area contributed by atoms with Gasteiger partial charge in [-0.15, -0.1) is 0 Å². The Hall–Kier alpha value is -1.36. The molecule has 0 radical (unpaired) electrons. The summed E-state index contributed by atoms with van der Waals surface area (Å²) in [5.41, 5.74) is 0. The van der Waals surface area contributed by atoms with Gasteiger partial charge in [-0.2, -0.15) is 0 Å². The van der Waals surface area contributed by atoms with Crippen LogP contribution in [0.25, 0.3) is 0 Å². The maximum Gasteiger partial charge on any atom is 0.325 e. The van der Waals surface area contributed by atoms with E-state index in [1.807, 2.05) is 0 Å². The van der Waals surface area contributed by atoms with Crippen LogP contribution in [0.15, 0.2) is 12.2 Å². The zero-order valence-electron chi connectivity index (χ0n) is 7.80. The van der Waals surface area contributed by atoms with Gasteiger partial charge in [-0.05, 0) is 6.92 Å². The molecule has 1 unspecified atom stereocenters. The van der Waals surface area contributed by atoms with Gasteiger partial charge in [0.2, 0.25) is 0 Å². The number of imide groups is 1. The first-order chi connectivity index (χ1) is 6.59. The Bertz CT molecular complexity index is 313. The third-order valence-electron chi connectivity index (χ3n) is 2.54. The van der Waals surface area contributed by atoms with E-state index in [0.29, 0.717) is 6.42 Å². The van der Waals surface area contributed by atoms with Crippen LogP contribution in [-0.2, 0) is 4.79 Å². The van der Waals surface area contributed by atoms with Crippen molar-refractivity contribution < 1.29 is 14.7 Å². The van der Waals surface area contributed by atoms with Crippen molar-refractivity contribution in [1.82, 2.24) is 10.2 Å². The summed E-state index contributed by atoms with van der Waals surface area (Å²) in [4.78, 5) is 24.1. The van der Waals surface area contributed by atoms with Gasteiger partial charge in [0.25, 0.3) is 5.91 Å². The molecule has 1 aliphatic heterocycles. The first-order valence-corrected chi connectivity index (χ1v) is 4.59. The molecule has 1 heterocycles. The number of aliphatic hydroxyl groups is 1. The van der Waals surface area contributed by atoms with E-state index in [1.165, 1.54) is 4.90 Å². The molecular formula is C9H12N2O3. The molecule has 2 N–H and O–H groups in total. The van der Waals surface area contributed by atoms with E-state index in [1.54, 1.807) is 19.1 Å². The third-order valence-corrected chi connectivity index (χ3v) is 2.54. The molecule has 0 aromatic rings. The molecule has 0 bridgehead atoms. The molecule has 5 heteroatoms. The van der Waals surface area contributed by atoms with Gasteiger partial charge in [0.15, 0.2) is 0 Å². The molecule has 0 spiro atoms. The fourth-order valence-corrected chi connectivity index (χ4v) is 1.79. The van der Waals surface area contributed by atoms with Crippen molar-refractivity contribution in [2.75, 3.05) is 0 Å². The minimum atomic E-state index is -0.545. The standard InChI is InChI=1S/C9H12N2O3/c1-5-8(13)11(9(14)10-5)6-2-3-7(12)4-6/h2-3,5-7,12H,4H2,1H3,(H,10,14)/t5?,6-,7+/m1/s1. The van der Waals surface area contributed by atoms with Crippen LogP contribution in [0, 0.1) is 0 Å². The molecule has 0 aromatic carbocycles. The number of carbonyl (C=O) groups is 2. The molecule has 3 amide bonds. The SMILES string of the molecule is CC1NC(=O)N([C@@H]2C=C[C@H](O)C2)C1=O. The highest BCUT2D eigenvalue weighted by Crippen LogP contribution is 2.20. The summed E-state index contributed by atoms with van der Waals surface area (Å²) in [7, 11) is 0. The molecule has 14 heavy (non-hydrogen) atoms. The average Bonchev–Trinajstić information content (AvgIpc) is 2.60. The van der Waals surface area contributed by atoms with Gasteiger partial charge in [-0.1, -0.05) is 12.2 Å². The topological polar surface area (TPSA) is 69.6 Å². The predicted octanol–water partition coefficient (Wildman–Crippen LogP) is -0.384. The largest absolute Gasteiger partial charge is 0.389 e. The maximum atomic E-state index is 11.5. The maximum absolute atomic E-state index is 11.5. The van der Waals surface area contributed by atoms with E-state index in [9.17, 15) is 14.7 Å². The Balaban J connectivity index is 2.15. The Morgan fingerprint density at radius 3 is 2.64 bits per heavy atom. The first kappa shape index (κ1) is 9.21. The smallest absolute Gasteiger partial charge is 0.325 e. The summed E-state index contributed by atoms with van der Waals surface area (Å²) in [6, 6.07) is -1.11. The molecule has 2 aliphatic rings. The van der Waals surface area contributed by atoms with E-state index < -0.39 is 12.1 Å². The normalized spacial score (nSPS) is 36.7. The summed E-state index contributed by atoms with van der Waals surface area (Å²) in [5.74, 6) is -0.223. The fraction of sp³-hybridized carbons (Fsp3) is 0.556. The number of carbonyl (C=O) groups excluding carboxylic acids is 2. The summed E-state index contributed by atoms with van der Waals surface area (Å²) < 4.78 is 0. The van der Waals surface area contributed by atoms with Crippen LogP contribution in [0.4, 0.5) is 4.79 Å². The minimum Gasteiger partial charge on any atom is -0.389 e. The highest BCUT2D eigenvalue weighted by molar-refractivity contribution is 6.04. The highest BCUT2D eigenvalue weighted by Gasteiger charge is 2.40. The van der Waals surface area contributed by atoms with Crippen LogP contribution >= 0.6 is 0 Å². The Morgan fingerprint density at radius 2 is 2.21 bits per heavy atom. The lowest BCUT2D eigenvalue weighted by Gasteiger charge is -2.19. The van der Waals surface area contributed by atoms with Gasteiger partial charge in [0, 0.05) is 6.42 Å². The van der Waals surface area contributed by atoms with Gasteiger partial charge in [-0.25, -0.2) is 4.79 Å². The van der Waals surface area contributed by atoms with Crippen molar-refractivity contribution in [1.29, 1.82) is 0 Å². The van der Waals surface area contributed by atoms with E-state index >= 15 is 0 Å². The Kier molecular flexibility index (Phi) is 2.03. The summed E-state index contributed by atoms with van der Waals surface area (Å²) in [6.45, 7) is 1.65. The highest BCUT2D eigenvalue weighted by atomic mass is 16.3. The van der Waals surface area contributed by atoms with Crippen LogP contribution in [0.1, 0.15) is 13.3 Å². The number of nitrogens with zero attached hydrogens (tertiary/aromatic N) is 1. The lowest BCUT2D eigenvalue weighted by molar-refractivity contribution is -0.128. The number of hydrogen-bond acceptors (Lipinski definition) is 3. The minimum absolute atomic E-state index is 0.223. The van der Waals surface area contributed by atoms with Crippen LogP contribution in [0.3, 0.4) is 0 Å². The third kappa shape index (κ3) is 1.29. The van der Waals surface area contributed by atoms with Crippen LogP contribution < -0.4 is 5.32 Å². The summed E-state index contributed by atoms with van der Waals surface area (Å²) >= 11 is 0. The molecule has 3 atom stereocenters. The van der Waals surface area contributed by atoms with Gasteiger partial charge in [-0.3, -0.25) is 9.69 Å². The molecule has 1 saturated heterocycles. The molecule has 0 aromatic heterocycles. The lowest BCUT2D eigenvalue weighted by atomic mass is 10.2. The van der Waals surface area contributed by atoms with Gasteiger partial charge < -0.3 is 10.4 Å². The van der Waals surface area contributed by atoms with Crippen molar-refractivity contribution in [3.63, 3.8) is 0 Å². The zero-order valence-corrected chi connectivity index (χ0v) is 7.80. The van der Waals surface area contributed by atoms with Gasteiger partial charge >= 0.3 is 6.03 Å². The van der Waals surface area contributed by atoms with Crippen LogP contribution in [0.5, 0.6) is 0 Å². The number of hydrogen-bond donors (Lipinski definition) is 2. The van der Waals surface area contributed by atoms with Crippen molar-refractivity contribution in [3.05, 3.63) is 12.2 Å². The average molecular weight is 196 g/mol. The monoisotopic (exact) mass is 196 g/mol. The molecule has 2 rings (SSSR count). The second-order valence-electron chi connectivity index (χ2n) is 3.63. The van der Waals surface area contributed by atoms with Crippen molar-refractivity contribution in [2.24, 2.45) is 0 Å². The molecule has 1 fully saturated rings. The van der Waals surface area contributed by atoms with Crippen LogP contribution in [-0.4, -0.2) is 40.1 Å².